The molecular formula is C14H15BrClNS2. The Morgan fingerprint density at radius 1 is 1.42 bits per heavy atom. The van der Waals surface area contributed by atoms with E-state index in [0.717, 1.165) is 20.8 Å². The van der Waals surface area contributed by atoms with Gasteiger partial charge in [-0.2, -0.15) is 0 Å². The summed E-state index contributed by atoms with van der Waals surface area (Å²) >= 11 is 13.2. The third-order valence-electron chi connectivity index (χ3n) is 2.82. The van der Waals surface area contributed by atoms with E-state index < -0.39 is 0 Å². The second-order valence-electron chi connectivity index (χ2n) is 4.21. The summed E-state index contributed by atoms with van der Waals surface area (Å²) in [6.45, 7) is 2.12. The van der Waals surface area contributed by atoms with Gasteiger partial charge < -0.3 is 5.73 Å². The second-order valence-corrected chi connectivity index (χ2v) is 7.66. The number of thioether (sulfide) groups is 1. The van der Waals surface area contributed by atoms with Crippen LogP contribution >= 0.6 is 50.6 Å². The molecule has 19 heavy (non-hydrogen) atoms. The first kappa shape index (κ1) is 15.4. The molecule has 0 saturated heterocycles. The molecule has 2 rings (SSSR count). The average molecular weight is 377 g/mol. The van der Waals surface area contributed by atoms with Gasteiger partial charge in [0, 0.05) is 25.7 Å². The van der Waals surface area contributed by atoms with Gasteiger partial charge in [0.05, 0.1) is 10.3 Å². The van der Waals surface area contributed by atoms with Gasteiger partial charge in [0.25, 0.3) is 0 Å². The van der Waals surface area contributed by atoms with Gasteiger partial charge in [-0.05, 0) is 40.5 Å². The van der Waals surface area contributed by atoms with Crippen LogP contribution in [0.1, 0.15) is 23.5 Å². The molecule has 0 aliphatic rings. The molecule has 0 radical (unpaired) electrons. The highest BCUT2D eigenvalue weighted by atomic mass is 79.9. The molecule has 2 N–H and O–H groups in total. The van der Waals surface area contributed by atoms with Crippen molar-refractivity contribution in [2.75, 3.05) is 0 Å². The van der Waals surface area contributed by atoms with Crippen LogP contribution in [0.25, 0.3) is 0 Å². The zero-order chi connectivity index (χ0) is 13.8. The van der Waals surface area contributed by atoms with Crippen LogP contribution in [0.15, 0.2) is 45.1 Å². The van der Waals surface area contributed by atoms with E-state index in [1.54, 1.807) is 23.1 Å². The van der Waals surface area contributed by atoms with Crippen molar-refractivity contribution in [1.29, 1.82) is 0 Å². The largest absolute Gasteiger partial charge is 0.326 e. The number of halogens is 2. The minimum atomic E-state index is 0.117. The minimum absolute atomic E-state index is 0.117. The third-order valence-corrected chi connectivity index (χ3v) is 6.65. The van der Waals surface area contributed by atoms with Crippen molar-refractivity contribution in [1.82, 2.24) is 0 Å². The van der Waals surface area contributed by atoms with E-state index in [1.165, 1.54) is 4.88 Å². The summed E-state index contributed by atoms with van der Waals surface area (Å²) in [5, 5.41) is 3.12. The Bertz CT molecular complexity index is 544. The van der Waals surface area contributed by atoms with Crippen LogP contribution < -0.4 is 5.73 Å². The smallest absolute Gasteiger partial charge is 0.0590 e. The highest BCUT2D eigenvalue weighted by Crippen LogP contribution is 2.43. The van der Waals surface area contributed by atoms with Crippen molar-refractivity contribution in [2.24, 2.45) is 5.73 Å². The third kappa shape index (κ3) is 3.99. The number of benzene rings is 1. The van der Waals surface area contributed by atoms with Gasteiger partial charge >= 0.3 is 0 Å². The fourth-order valence-electron chi connectivity index (χ4n) is 1.73. The zero-order valence-corrected chi connectivity index (χ0v) is 14.5. The van der Waals surface area contributed by atoms with E-state index in [-0.39, 0.29) is 11.3 Å². The van der Waals surface area contributed by atoms with Crippen LogP contribution in [-0.2, 0) is 0 Å². The lowest BCUT2D eigenvalue weighted by Gasteiger charge is -2.21. The predicted molar refractivity (Wildman–Crippen MR) is 90.3 cm³/mol. The van der Waals surface area contributed by atoms with E-state index in [4.69, 9.17) is 17.3 Å². The second kappa shape index (κ2) is 7.14. The fraction of sp³-hybridized carbons (Fsp3) is 0.286. The lowest BCUT2D eigenvalue weighted by Crippen LogP contribution is -2.25. The van der Waals surface area contributed by atoms with Gasteiger partial charge in [-0.3, -0.25) is 0 Å². The summed E-state index contributed by atoms with van der Waals surface area (Å²) in [5.74, 6) is 0. The Morgan fingerprint density at radius 2 is 2.16 bits per heavy atom. The van der Waals surface area contributed by atoms with E-state index >= 15 is 0 Å². The van der Waals surface area contributed by atoms with E-state index in [9.17, 15) is 0 Å². The van der Waals surface area contributed by atoms with Crippen LogP contribution in [0.3, 0.4) is 0 Å². The molecule has 2 atom stereocenters. The van der Waals surface area contributed by atoms with Gasteiger partial charge in [-0.15, -0.1) is 23.1 Å². The minimum Gasteiger partial charge on any atom is -0.326 e. The maximum Gasteiger partial charge on any atom is 0.0590 e. The molecular weight excluding hydrogens is 362 g/mol. The maximum atomic E-state index is 6.28. The molecule has 2 unspecified atom stereocenters. The molecule has 0 saturated carbocycles. The predicted octanol–water partition coefficient (Wildman–Crippen LogP) is 5.73. The SMILES string of the molecule is CCC(N)C(Sc1ccccc1Cl)c1cc(Br)cs1. The van der Waals surface area contributed by atoms with Crippen molar-refractivity contribution >= 4 is 50.6 Å². The Hall–Kier alpha value is -0.0000000000000000833. The van der Waals surface area contributed by atoms with Gasteiger partial charge in [-0.1, -0.05) is 30.7 Å². The number of hydrogen-bond acceptors (Lipinski definition) is 3. The topological polar surface area (TPSA) is 26.0 Å². The van der Waals surface area contributed by atoms with Crippen LogP contribution in [0.2, 0.25) is 5.02 Å². The summed E-state index contributed by atoms with van der Waals surface area (Å²) in [6.07, 6.45) is 0.942. The molecule has 0 spiro atoms. The molecule has 1 nitrogen and oxygen atoms in total. The quantitative estimate of drug-likeness (QED) is 0.674. The van der Waals surface area contributed by atoms with Crippen molar-refractivity contribution in [2.45, 2.75) is 29.5 Å². The molecule has 0 fully saturated rings. The summed E-state index contributed by atoms with van der Waals surface area (Å²) < 4.78 is 1.11. The summed E-state index contributed by atoms with van der Waals surface area (Å²) in [5.41, 5.74) is 6.28. The summed E-state index contributed by atoms with van der Waals surface area (Å²) in [4.78, 5) is 2.37. The van der Waals surface area contributed by atoms with Crippen molar-refractivity contribution in [3.63, 3.8) is 0 Å². The first-order valence-corrected chi connectivity index (χ1v) is 8.95. The van der Waals surface area contributed by atoms with Crippen LogP contribution in [-0.4, -0.2) is 6.04 Å². The van der Waals surface area contributed by atoms with Crippen LogP contribution in [0, 0.1) is 0 Å². The van der Waals surface area contributed by atoms with Crippen molar-refractivity contribution < 1.29 is 0 Å². The molecule has 1 aromatic heterocycles. The molecule has 0 aliphatic heterocycles. The number of thiophene rings is 1. The van der Waals surface area contributed by atoms with Crippen LogP contribution in [0.4, 0.5) is 0 Å². The Labute approximate surface area is 135 Å². The molecule has 0 bridgehead atoms. The van der Waals surface area contributed by atoms with E-state index in [1.807, 2.05) is 24.3 Å². The van der Waals surface area contributed by atoms with Gasteiger partial charge in [0.1, 0.15) is 0 Å². The Kier molecular flexibility index (Phi) is 5.78. The van der Waals surface area contributed by atoms with Crippen molar-refractivity contribution in [3.8, 4) is 0 Å². The maximum absolute atomic E-state index is 6.28. The molecule has 2 aromatic rings. The van der Waals surface area contributed by atoms with Crippen molar-refractivity contribution in [3.05, 3.63) is 50.1 Å². The van der Waals surface area contributed by atoms with Gasteiger partial charge in [0.2, 0.25) is 0 Å². The molecule has 5 heteroatoms. The highest BCUT2D eigenvalue weighted by Gasteiger charge is 2.22. The first-order valence-electron chi connectivity index (χ1n) is 6.02. The van der Waals surface area contributed by atoms with Gasteiger partial charge in [-0.25, -0.2) is 0 Å². The fourth-order valence-corrected chi connectivity index (χ4v) is 4.97. The molecule has 0 aliphatic carbocycles. The molecule has 0 amide bonds. The number of hydrogen-bond donors (Lipinski definition) is 1. The Morgan fingerprint density at radius 3 is 2.74 bits per heavy atom. The lowest BCUT2D eigenvalue weighted by molar-refractivity contribution is 0.640. The van der Waals surface area contributed by atoms with E-state index in [0.29, 0.717) is 0 Å². The normalized spacial score (nSPS) is 14.3. The van der Waals surface area contributed by atoms with Crippen LogP contribution in [0.5, 0.6) is 0 Å². The first-order chi connectivity index (χ1) is 9.11. The zero-order valence-electron chi connectivity index (χ0n) is 10.5. The standard InChI is InChI=1S/C14H15BrClNS2/c1-2-11(17)14(13-7-9(15)8-18-13)19-12-6-4-3-5-10(12)16/h3-8,11,14H,2,17H2,1H3. The number of rotatable bonds is 5. The molecule has 102 valence electrons. The summed E-state index contributed by atoms with van der Waals surface area (Å²) in [7, 11) is 0. The monoisotopic (exact) mass is 375 g/mol. The summed E-state index contributed by atoms with van der Waals surface area (Å²) in [6, 6.07) is 10.2. The van der Waals surface area contributed by atoms with E-state index in [2.05, 4.69) is 34.3 Å². The lowest BCUT2D eigenvalue weighted by atomic mass is 10.1. The molecule has 1 heterocycles. The highest BCUT2D eigenvalue weighted by molar-refractivity contribution is 9.10. The average Bonchev–Trinajstić information content (AvgIpc) is 2.83. The van der Waals surface area contributed by atoms with Gasteiger partial charge in [0.15, 0.2) is 0 Å². The number of nitrogens with two attached hydrogens (primary N) is 1. The Balaban J connectivity index is 2.27. The molecule has 1 aromatic carbocycles.